The van der Waals surface area contributed by atoms with Crippen molar-refractivity contribution in [1.82, 2.24) is 35.4 Å². The Morgan fingerprint density at radius 2 is 1.58 bits per heavy atom. The lowest BCUT2D eigenvalue weighted by molar-refractivity contribution is 0.0697. The molecule has 192 valence electrons. The van der Waals surface area contributed by atoms with E-state index >= 15 is 0 Å². The van der Waals surface area contributed by atoms with Crippen molar-refractivity contribution in [2.24, 2.45) is 0 Å². The van der Waals surface area contributed by atoms with Crippen molar-refractivity contribution in [1.29, 1.82) is 0 Å². The van der Waals surface area contributed by atoms with Gasteiger partial charge >= 0.3 is 5.97 Å². The first-order valence-electron chi connectivity index (χ1n) is 12.5. The Kier molecular flexibility index (Phi) is 6.83. The van der Waals surface area contributed by atoms with Gasteiger partial charge in [-0.1, -0.05) is 81.4 Å². The van der Waals surface area contributed by atoms with E-state index in [1.807, 2.05) is 35.0 Å². The van der Waals surface area contributed by atoms with Crippen LogP contribution in [0.4, 0.5) is 0 Å². The van der Waals surface area contributed by atoms with Crippen LogP contribution in [0.25, 0.3) is 22.5 Å². The van der Waals surface area contributed by atoms with Crippen molar-refractivity contribution in [3.63, 3.8) is 0 Å². The van der Waals surface area contributed by atoms with Gasteiger partial charge in [-0.25, -0.2) is 19.6 Å². The quantitative estimate of drug-likeness (QED) is 0.304. The summed E-state index contributed by atoms with van der Waals surface area (Å²) in [4.78, 5) is 16.0. The maximum absolute atomic E-state index is 11.1. The van der Waals surface area contributed by atoms with E-state index in [2.05, 4.69) is 71.7 Å². The van der Waals surface area contributed by atoms with Gasteiger partial charge in [0.05, 0.1) is 12.1 Å². The predicted octanol–water partition coefficient (Wildman–Crippen LogP) is 4.95. The third kappa shape index (κ3) is 5.51. The lowest BCUT2D eigenvalue weighted by Gasteiger charge is -2.12. The monoisotopic (exact) mass is 507 g/mol. The molecule has 0 spiro atoms. The van der Waals surface area contributed by atoms with Crippen LogP contribution in [0.3, 0.4) is 0 Å². The van der Waals surface area contributed by atoms with Crippen LogP contribution in [-0.4, -0.2) is 46.5 Å². The van der Waals surface area contributed by atoms with Crippen LogP contribution in [-0.2, 0) is 24.8 Å². The van der Waals surface area contributed by atoms with Gasteiger partial charge in [0.1, 0.15) is 5.82 Å². The third-order valence-electron chi connectivity index (χ3n) is 6.38. The molecule has 0 atom stereocenters. The van der Waals surface area contributed by atoms with Gasteiger partial charge < -0.3 is 5.11 Å². The molecule has 2 aromatic heterocycles. The number of benzene rings is 3. The predicted molar refractivity (Wildman–Crippen MR) is 144 cm³/mol. The number of hydrogen-bond acceptors (Lipinski definition) is 6. The molecule has 38 heavy (non-hydrogen) atoms. The summed E-state index contributed by atoms with van der Waals surface area (Å²) in [6, 6.07) is 23.4. The van der Waals surface area contributed by atoms with E-state index in [0.717, 1.165) is 45.9 Å². The van der Waals surface area contributed by atoms with E-state index in [1.165, 1.54) is 0 Å². The van der Waals surface area contributed by atoms with Gasteiger partial charge in [-0.2, -0.15) is 5.10 Å². The second kappa shape index (κ2) is 10.4. The summed E-state index contributed by atoms with van der Waals surface area (Å²) in [6.45, 7) is 6.93. The zero-order valence-electron chi connectivity index (χ0n) is 21.6. The summed E-state index contributed by atoms with van der Waals surface area (Å²) in [5.74, 6) is 1.42. The summed E-state index contributed by atoms with van der Waals surface area (Å²) in [7, 11) is 0. The molecule has 0 unspecified atom stereocenters. The summed E-state index contributed by atoms with van der Waals surface area (Å²) < 4.78 is 1.98. The van der Waals surface area contributed by atoms with Gasteiger partial charge in [0, 0.05) is 17.4 Å². The topological polar surface area (TPSA) is 122 Å². The number of tetrazole rings is 1. The van der Waals surface area contributed by atoms with Crippen LogP contribution in [0.1, 0.15) is 53.9 Å². The maximum Gasteiger partial charge on any atom is 0.335 e. The van der Waals surface area contributed by atoms with E-state index in [1.54, 1.807) is 12.1 Å². The SMILES string of the molecule is CC(C)(C)c1nc(CCc2ccc(C(=O)O)cc2)n(Cc2ccc(-c3ccccc3-c3nnn[nH]3)cc2)n1. The van der Waals surface area contributed by atoms with E-state index in [9.17, 15) is 4.79 Å². The molecule has 5 aromatic rings. The van der Waals surface area contributed by atoms with Crippen LogP contribution in [0.2, 0.25) is 0 Å². The summed E-state index contributed by atoms with van der Waals surface area (Å²) >= 11 is 0. The molecule has 2 N–H and O–H groups in total. The molecule has 0 amide bonds. The molecular formula is C29H29N7O2. The second-order valence-electron chi connectivity index (χ2n) is 10.3. The highest BCUT2D eigenvalue weighted by Gasteiger charge is 2.22. The number of aromatic nitrogens is 7. The lowest BCUT2D eigenvalue weighted by Crippen LogP contribution is -2.14. The molecule has 3 aromatic carbocycles. The fourth-order valence-electron chi connectivity index (χ4n) is 4.25. The van der Waals surface area contributed by atoms with Gasteiger partial charge in [0.25, 0.3) is 0 Å². The number of carboxylic acid groups (broad SMARTS) is 1. The minimum absolute atomic E-state index is 0.174. The zero-order chi connectivity index (χ0) is 26.7. The van der Waals surface area contributed by atoms with Crippen molar-refractivity contribution in [2.75, 3.05) is 0 Å². The maximum atomic E-state index is 11.1. The number of nitrogens with zero attached hydrogens (tertiary/aromatic N) is 6. The van der Waals surface area contributed by atoms with E-state index < -0.39 is 5.97 Å². The van der Waals surface area contributed by atoms with E-state index in [-0.39, 0.29) is 11.0 Å². The Balaban J connectivity index is 1.37. The first-order chi connectivity index (χ1) is 18.3. The molecule has 0 bridgehead atoms. The van der Waals surface area contributed by atoms with E-state index in [4.69, 9.17) is 15.2 Å². The molecule has 5 rings (SSSR count). The highest BCUT2D eigenvalue weighted by atomic mass is 16.4. The summed E-state index contributed by atoms with van der Waals surface area (Å²) in [5.41, 5.74) is 5.34. The summed E-state index contributed by atoms with van der Waals surface area (Å²) in [6.07, 6.45) is 1.45. The second-order valence-corrected chi connectivity index (χ2v) is 10.3. The number of rotatable bonds is 8. The van der Waals surface area contributed by atoms with Crippen LogP contribution in [0.15, 0.2) is 72.8 Å². The smallest absolute Gasteiger partial charge is 0.335 e. The Bertz CT molecular complexity index is 1530. The minimum atomic E-state index is -0.921. The average molecular weight is 508 g/mol. The zero-order valence-corrected chi connectivity index (χ0v) is 21.6. The van der Waals surface area contributed by atoms with Gasteiger partial charge in [-0.3, -0.25) is 0 Å². The molecule has 0 fully saturated rings. The van der Waals surface area contributed by atoms with Crippen molar-refractivity contribution < 1.29 is 9.90 Å². The molecule has 0 radical (unpaired) electrons. The molecule has 0 saturated heterocycles. The van der Waals surface area contributed by atoms with Gasteiger partial charge in [-0.15, -0.1) is 5.10 Å². The number of H-pyrrole nitrogens is 1. The van der Waals surface area contributed by atoms with Crippen LogP contribution in [0, 0.1) is 0 Å². The van der Waals surface area contributed by atoms with Crippen LogP contribution < -0.4 is 0 Å². The van der Waals surface area contributed by atoms with Crippen molar-refractivity contribution in [3.05, 3.63) is 101 Å². The first-order valence-corrected chi connectivity index (χ1v) is 12.5. The van der Waals surface area contributed by atoms with Gasteiger partial charge in [0.2, 0.25) is 0 Å². The fraction of sp³-hybridized carbons (Fsp3) is 0.241. The van der Waals surface area contributed by atoms with Crippen LogP contribution >= 0.6 is 0 Å². The molecule has 0 aliphatic carbocycles. The average Bonchev–Trinajstić information content (AvgIpc) is 3.59. The number of carbonyl (C=O) groups is 1. The molecule has 9 heteroatoms. The third-order valence-corrected chi connectivity index (χ3v) is 6.38. The number of nitrogens with one attached hydrogen (secondary N) is 1. The molecule has 2 heterocycles. The minimum Gasteiger partial charge on any atom is -0.478 e. The van der Waals surface area contributed by atoms with Crippen molar-refractivity contribution in [3.8, 4) is 22.5 Å². The Labute approximate surface area is 220 Å². The fourth-order valence-corrected chi connectivity index (χ4v) is 4.25. The van der Waals surface area contributed by atoms with Crippen LogP contribution in [0.5, 0.6) is 0 Å². The number of carboxylic acids is 1. The molecule has 0 aliphatic heterocycles. The number of aromatic carboxylic acids is 1. The van der Waals surface area contributed by atoms with E-state index in [0.29, 0.717) is 18.8 Å². The molecular weight excluding hydrogens is 478 g/mol. The normalized spacial score (nSPS) is 11.6. The lowest BCUT2D eigenvalue weighted by atomic mass is 9.96. The number of aromatic amines is 1. The highest BCUT2D eigenvalue weighted by molar-refractivity contribution is 5.87. The van der Waals surface area contributed by atoms with Crippen molar-refractivity contribution in [2.45, 2.75) is 45.6 Å². The Morgan fingerprint density at radius 1 is 0.895 bits per heavy atom. The number of aryl methyl sites for hydroxylation is 2. The van der Waals surface area contributed by atoms with Crippen molar-refractivity contribution >= 4 is 5.97 Å². The molecule has 0 aliphatic rings. The largest absolute Gasteiger partial charge is 0.478 e. The molecule has 9 nitrogen and oxygen atoms in total. The standard InChI is InChI=1S/C29H29N7O2/c1-29(2,3)28-30-25(17-12-19-8-15-22(16-9-19)27(37)38)36(33-28)18-20-10-13-21(14-11-20)23-6-4-5-7-24(23)26-31-34-35-32-26/h4-11,13-16H,12,17-18H2,1-3H3,(H,37,38)(H,31,32,34,35). The Morgan fingerprint density at radius 3 is 2.21 bits per heavy atom. The highest BCUT2D eigenvalue weighted by Crippen LogP contribution is 2.30. The first kappa shape index (κ1) is 25.0. The Hall–Kier alpha value is -4.66. The van der Waals surface area contributed by atoms with Gasteiger partial charge in [-0.05, 0) is 51.2 Å². The summed E-state index contributed by atoms with van der Waals surface area (Å²) in [5, 5.41) is 28.3. The van der Waals surface area contributed by atoms with Gasteiger partial charge in [0.15, 0.2) is 11.6 Å². The number of hydrogen-bond donors (Lipinski definition) is 2. The molecule has 0 saturated carbocycles.